The van der Waals surface area contributed by atoms with Crippen LogP contribution in [0.1, 0.15) is 17.5 Å². The third kappa shape index (κ3) is 4.69. The molecule has 0 amide bonds. The van der Waals surface area contributed by atoms with E-state index in [1.54, 1.807) is 7.11 Å². The standard InChI is InChI=1S/C15H22BrN3O2/c1-20-7-5-19(4-2-14(17)18)10-12-9-13(16)8-11-3-6-21-15(11)12/h8-9H,2-7,10H2,1H3,(H3,17,18). The third-order valence-corrected chi connectivity index (χ3v) is 3.99. The second-order valence-electron chi connectivity index (χ2n) is 5.20. The molecule has 0 aliphatic carbocycles. The number of benzene rings is 1. The highest BCUT2D eigenvalue weighted by Gasteiger charge is 2.19. The molecule has 0 fully saturated rings. The molecule has 21 heavy (non-hydrogen) atoms. The van der Waals surface area contributed by atoms with Crippen molar-refractivity contribution in [2.75, 3.05) is 33.4 Å². The van der Waals surface area contributed by atoms with Gasteiger partial charge in [0.1, 0.15) is 5.75 Å². The van der Waals surface area contributed by atoms with Gasteiger partial charge in [0.2, 0.25) is 0 Å². The van der Waals surface area contributed by atoms with Gasteiger partial charge in [0.05, 0.1) is 19.0 Å². The Morgan fingerprint density at radius 2 is 2.29 bits per heavy atom. The average Bonchev–Trinajstić information content (AvgIpc) is 2.89. The number of nitrogens with zero attached hydrogens (tertiary/aromatic N) is 1. The maximum absolute atomic E-state index is 7.39. The van der Waals surface area contributed by atoms with E-state index >= 15 is 0 Å². The van der Waals surface area contributed by atoms with Crippen LogP contribution >= 0.6 is 15.9 Å². The monoisotopic (exact) mass is 355 g/mol. The van der Waals surface area contributed by atoms with E-state index in [4.69, 9.17) is 20.6 Å². The Morgan fingerprint density at radius 3 is 3.00 bits per heavy atom. The highest BCUT2D eigenvalue weighted by Crippen LogP contribution is 2.33. The van der Waals surface area contributed by atoms with Crippen LogP contribution in [0.15, 0.2) is 16.6 Å². The summed E-state index contributed by atoms with van der Waals surface area (Å²) in [5.41, 5.74) is 7.91. The molecular weight excluding hydrogens is 334 g/mol. The highest BCUT2D eigenvalue weighted by molar-refractivity contribution is 9.10. The van der Waals surface area contributed by atoms with E-state index in [0.717, 1.165) is 42.9 Å². The normalized spacial score (nSPS) is 13.3. The van der Waals surface area contributed by atoms with Gasteiger partial charge >= 0.3 is 0 Å². The fourth-order valence-electron chi connectivity index (χ4n) is 2.47. The molecule has 1 aliphatic heterocycles. The quantitative estimate of drug-likeness (QED) is 0.553. The van der Waals surface area contributed by atoms with E-state index in [0.29, 0.717) is 13.0 Å². The van der Waals surface area contributed by atoms with Gasteiger partial charge in [0.25, 0.3) is 0 Å². The Morgan fingerprint density at radius 1 is 1.48 bits per heavy atom. The van der Waals surface area contributed by atoms with Crippen molar-refractivity contribution in [3.05, 3.63) is 27.7 Å². The van der Waals surface area contributed by atoms with Gasteiger partial charge in [0.15, 0.2) is 0 Å². The number of hydrogen-bond acceptors (Lipinski definition) is 4. The second-order valence-corrected chi connectivity index (χ2v) is 6.11. The Balaban J connectivity index is 2.10. The lowest BCUT2D eigenvalue weighted by Gasteiger charge is -2.23. The molecule has 1 aliphatic rings. The van der Waals surface area contributed by atoms with Gasteiger partial charge in [-0.05, 0) is 17.7 Å². The van der Waals surface area contributed by atoms with Crippen LogP contribution in [-0.4, -0.2) is 44.1 Å². The molecule has 0 saturated heterocycles. The van der Waals surface area contributed by atoms with Crippen LogP contribution in [0.3, 0.4) is 0 Å². The Hall–Kier alpha value is -1.11. The van der Waals surface area contributed by atoms with Gasteiger partial charge in [-0.1, -0.05) is 15.9 Å². The van der Waals surface area contributed by atoms with Crippen molar-refractivity contribution in [2.24, 2.45) is 5.73 Å². The van der Waals surface area contributed by atoms with E-state index in [1.807, 2.05) is 0 Å². The SMILES string of the molecule is COCCN(CCC(=N)N)Cc1cc(Br)cc2c1OCC2. The zero-order chi connectivity index (χ0) is 15.2. The molecule has 0 radical (unpaired) electrons. The molecule has 5 nitrogen and oxygen atoms in total. The molecule has 2 rings (SSSR count). The highest BCUT2D eigenvalue weighted by atomic mass is 79.9. The molecule has 0 atom stereocenters. The van der Waals surface area contributed by atoms with Crippen molar-refractivity contribution in [3.8, 4) is 5.75 Å². The number of amidine groups is 1. The van der Waals surface area contributed by atoms with Crippen molar-refractivity contribution in [1.29, 1.82) is 5.41 Å². The lowest BCUT2D eigenvalue weighted by atomic mass is 10.1. The second kappa shape index (κ2) is 7.77. The summed E-state index contributed by atoms with van der Waals surface area (Å²) in [6.07, 6.45) is 1.54. The maximum atomic E-state index is 7.39. The molecule has 116 valence electrons. The molecule has 1 aromatic rings. The predicted octanol–water partition coefficient (Wildman–Crippen LogP) is 2.16. The number of rotatable bonds is 8. The summed E-state index contributed by atoms with van der Waals surface area (Å²) >= 11 is 3.57. The summed E-state index contributed by atoms with van der Waals surface area (Å²) < 4.78 is 12.0. The van der Waals surface area contributed by atoms with Crippen LogP contribution in [0.4, 0.5) is 0 Å². The Kier molecular flexibility index (Phi) is 6.02. The Bertz CT molecular complexity index is 508. The number of nitrogens with one attached hydrogen (secondary N) is 1. The zero-order valence-corrected chi connectivity index (χ0v) is 13.9. The van der Waals surface area contributed by atoms with Crippen LogP contribution in [0.2, 0.25) is 0 Å². The van der Waals surface area contributed by atoms with Crippen molar-refractivity contribution in [1.82, 2.24) is 4.90 Å². The average molecular weight is 356 g/mol. The largest absolute Gasteiger partial charge is 0.493 e. The fraction of sp³-hybridized carbons (Fsp3) is 0.533. The number of ether oxygens (including phenoxy) is 2. The van der Waals surface area contributed by atoms with Crippen molar-refractivity contribution >= 4 is 21.8 Å². The van der Waals surface area contributed by atoms with Gasteiger partial charge in [-0.15, -0.1) is 0 Å². The summed E-state index contributed by atoms with van der Waals surface area (Å²) in [7, 11) is 1.70. The minimum Gasteiger partial charge on any atom is -0.493 e. The van der Waals surface area contributed by atoms with Crippen LogP contribution in [-0.2, 0) is 17.7 Å². The van der Waals surface area contributed by atoms with E-state index in [2.05, 4.69) is 33.0 Å². The fourth-order valence-corrected chi connectivity index (χ4v) is 3.03. The molecule has 3 N–H and O–H groups in total. The van der Waals surface area contributed by atoms with E-state index < -0.39 is 0 Å². The van der Waals surface area contributed by atoms with Gasteiger partial charge in [-0.3, -0.25) is 10.3 Å². The third-order valence-electron chi connectivity index (χ3n) is 3.53. The van der Waals surface area contributed by atoms with E-state index in [9.17, 15) is 0 Å². The summed E-state index contributed by atoms with van der Waals surface area (Å²) in [6, 6.07) is 4.23. The van der Waals surface area contributed by atoms with Gasteiger partial charge < -0.3 is 15.2 Å². The molecule has 0 saturated carbocycles. The molecular formula is C15H22BrN3O2. The Labute approximate surface area is 134 Å². The lowest BCUT2D eigenvalue weighted by molar-refractivity contribution is 0.145. The predicted molar refractivity (Wildman–Crippen MR) is 87.0 cm³/mol. The van der Waals surface area contributed by atoms with Gasteiger partial charge in [-0.25, -0.2) is 0 Å². The summed E-state index contributed by atoms with van der Waals surface area (Å²) in [4.78, 5) is 2.24. The maximum Gasteiger partial charge on any atom is 0.127 e. The van der Waals surface area contributed by atoms with Crippen LogP contribution in [0.5, 0.6) is 5.75 Å². The minimum absolute atomic E-state index is 0.216. The first-order valence-electron chi connectivity index (χ1n) is 7.08. The van der Waals surface area contributed by atoms with Crippen molar-refractivity contribution in [2.45, 2.75) is 19.4 Å². The van der Waals surface area contributed by atoms with Gasteiger partial charge in [-0.2, -0.15) is 0 Å². The number of methoxy groups -OCH3 is 1. The molecule has 0 bridgehead atoms. The molecule has 0 spiro atoms. The van der Waals surface area contributed by atoms with Gasteiger partial charge in [0, 0.05) is 49.6 Å². The molecule has 0 unspecified atom stereocenters. The molecule has 1 aromatic carbocycles. The lowest BCUT2D eigenvalue weighted by Crippen LogP contribution is -2.30. The number of halogens is 1. The number of nitrogens with two attached hydrogens (primary N) is 1. The van der Waals surface area contributed by atoms with Crippen molar-refractivity contribution in [3.63, 3.8) is 0 Å². The van der Waals surface area contributed by atoms with E-state index in [-0.39, 0.29) is 5.84 Å². The minimum atomic E-state index is 0.216. The topological polar surface area (TPSA) is 71.6 Å². The van der Waals surface area contributed by atoms with Crippen LogP contribution in [0, 0.1) is 5.41 Å². The van der Waals surface area contributed by atoms with Crippen LogP contribution < -0.4 is 10.5 Å². The smallest absolute Gasteiger partial charge is 0.127 e. The van der Waals surface area contributed by atoms with Crippen molar-refractivity contribution < 1.29 is 9.47 Å². The van der Waals surface area contributed by atoms with E-state index in [1.165, 1.54) is 11.1 Å². The summed E-state index contributed by atoms with van der Waals surface area (Å²) in [5.74, 6) is 1.23. The first-order chi connectivity index (χ1) is 10.1. The zero-order valence-electron chi connectivity index (χ0n) is 12.3. The summed E-state index contributed by atoms with van der Waals surface area (Å²) in [5, 5.41) is 7.39. The summed E-state index contributed by atoms with van der Waals surface area (Å²) in [6.45, 7) is 3.75. The first-order valence-corrected chi connectivity index (χ1v) is 7.87. The van der Waals surface area contributed by atoms with Crippen LogP contribution in [0.25, 0.3) is 0 Å². The molecule has 6 heteroatoms. The number of hydrogen-bond donors (Lipinski definition) is 2. The first kappa shape index (κ1) is 16.3. The molecule has 0 aromatic heterocycles. The molecule has 1 heterocycles. The number of fused-ring (bicyclic) bond motifs is 1.